The minimum atomic E-state index is 0.0149. The van der Waals surface area contributed by atoms with Gasteiger partial charge in [0.15, 0.2) is 6.39 Å². The van der Waals surface area contributed by atoms with Gasteiger partial charge in [-0.3, -0.25) is 4.79 Å². The minimum Gasteiger partial charge on any atom is -0.438 e. The van der Waals surface area contributed by atoms with Gasteiger partial charge in [-0.15, -0.1) is 0 Å². The van der Waals surface area contributed by atoms with E-state index in [0.29, 0.717) is 11.5 Å². The van der Waals surface area contributed by atoms with Crippen LogP contribution in [0, 0.1) is 18.8 Å². The van der Waals surface area contributed by atoms with Gasteiger partial charge in [0.05, 0.1) is 5.69 Å². The lowest BCUT2D eigenvalue weighted by Crippen LogP contribution is -2.39. The smallest absolute Gasteiger partial charge is 0.291 e. The Balaban J connectivity index is 1.48. The predicted molar refractivity (Wildman–Crippen MR) is 81.1 cm³/mol. The topological polar surface area (TPSA) is 46.3 Å². The van der Waals surface area contributed by atoms with Crippen LogP contribution in [-0.4, -0.2) is 28.9 Å². The molecule has 1 saturated heterocycles. The molecule has 116 valence electrons. The van der Waals surface area contributed by atoms with Crippen LogP contribution in [0.4, 0.5) is 0 Å². The molecule has 0 unspecified atom stereocenters. The molecule has 1 amide bonds. The predicted octanol–water partition coefficient (Wildman–Crippen LogP) is 3.81. The number of aromatic nitrogens is 1. The summed E-state index contributed by atoms with van der Waals surface area (Å²) in [5.74, 6) is 2.19. The van der Waals surface area contributed by atoms with Crippen LogP contribution in [0.2, 0.25) is 0 Å². The van der Waals surface area contributed by atoms with Gasteiger partial charge in [-0.05, 0) is 38.0 Å². The zero-order valence-electron chi connectivity index (χ0n) is 13.0. The standard InChI is InChI=1S/C17H26N2O2/c1-13-16(21-12-18-13)17(20)19-9-7-15(8-10-19)11-14-5-3-2-4-6-14/h12,14-15H,2-11H2,1H3. The maximum atomic E-state index is 12.4. The van der Waals surface area contributed by atoms with Gasteiger partial charge in [0, 0.05) is 13.1 Å². The van der Waals surface area contributed by atoms with Crippen molar-refractivity contribution >= 4 is 5.91 Å². The van der Waals surface area contributed by atoms with E-state index in [1.807, 2.05) is 11.8 Å². The Morgan fingerprint density at radius 1 is 1.19 bits per heavy atom. The van der Waals surface area contributed by atoms with Crippen LogP contribution >= 0.6 is 0 Å². The first kappa shape index (κ1) is 14.6. The van der Waals surface area contributed by atoms with Gasteiger partial charge in [-0.1, -0.05) is 32.1 Å². The molecule has 0 atom stereocenters. The highest BCUT2D eigenvalue weighted by molar-refractivity contribution is 5.92. The van der Waals surface area contributed by atoms with Crippen LogP contribution < -0.4 is 0 Å². The SMILES string of the molecule is Cc1ncoc1C(=O)N1CCC(CC2CCCCC2)CC1. The zero-order chi connectivity index (χ0) is 14.7. The number of carbonyl (C=O) groups is 1. The van der Waals surface area contributed by atoms with Crippen LogP contribution in [0.15, 0.2) is 10.8 Å². The third kappa shape index (κ3) is 3.47. The van der Waals surface area contributed by atoms with Crippen LogP contribution in [0.5, 0.6) is 0 Å². The van der Waals surface area contributed by atoms with Gasteiger partial charge < -0.3 is 9.32 Å². The molecular formula is C17H26N2O2. The molecule has 3 rings (SSSR count). The fourth-order valence-electron chi connectivity index (χ4n) is 3.92. The van der Waals surface area contributed by atoms with Crippen molar-refractivity contribution in [3.8, 4) is 0 Å². The summed E-state index contributed by atoms with van der Waals surface area (Å²) < 4.78 is 5.23. The summed E-state index contributed by atoms with van der Waals surface area (Å²) in [6.45, 7) is 3.57. The lowest BCUT2D eigenvalue weighted by Gasteiger charge is -2.34. The highest BCUT2D eigenvalue weighted by Gasteiger charge is 2.28. The molecular weight excluding hydrogens is 264 g/mol. The second kappa shape index (κ2) is 6.63. The molecule has 4 heteroatoms. The van der Waals surface area contributed by atoms with E-state index in [1.54, 1.807) is 0 Å². The number of piperidine rings is 1. The van der Waals surface area contributed by atoms with Crippen LogP contribution in [0.25, 0.3) is 0 Å². The van der Waals surface area contributed by atoms with Crippen molar-refractivity contribution in [3.05, 3.63) is 17.8 Å². The fraction of sp³-hybridized carbons (Fsp3) is 0.765. The summed E-state index contributed by atoms with van der Waals surface area (Å²) >= 11 is 0. The van der Waals surface area contributed by atoms with E-state index in [-0.39, 0.29) is 5.91 Å². The molecule has 4 nitrogen and oxygen atoms in total. The Bertz CT molecular complexity index is 469. The molecule has 0 spiro atoms. The average Bonchev–Trinajstić information content (AvgIpc) is 2.94. The molecule has 21 heavy (non-hydrogen) atoms. The van der Waals surface area contributed by atoms with Crippen molar-refractivity contribution in [1.29, 1.82) is 0 Å². The van der Waals surface area contributed by atoms with Gasteiger partial charge in [-0.25, -0.2) is 4.98 Å². The quantitative estimate of drug-likeness (QED) is 0.850. The van der Waals surface area contributed by atoms with E-state index in [4.69, 9.17) is 4.42 Å². The van der Waals surface area contributed by atoms with E-state index in [0.717, 1.165) is 37.8 Å². The molecule has 1 saturated carbocycles. The molecule has 1 aliphatic carbocycles. The third-order valence-corrected chi connectivity index (χ3v) is 5.23. The number of likely N-dealkylation sites (tertiary alicyclic amines) is 1. The molecule has 2 heterocycles. The molecule has 1 aromatic rings. The van der Waals surface area contributed by atoms with Crippen LogP contribution in [0.3, 0.4) is 0 Å². The number of carbonyl (C=O) groups excluding carboxylic acids is 1. The summed E-state index contributed by atoms with van der Waals surface area (Å²) in [5, 5.41) is 0. The van der Waals surface area contributed by atoms with E-state index in [2.05, 4.69) is 4.98 Å². The second-order valence-electron chi connectivity index (χ2n) is 6.74. The first-order chi connectivity index (χ1) is 10.2. The summed E-state index contributed by atoms with van der Waals surface area (Å²) in [6, 6.07) is 0. The Morgan fingerprint density at radius 3 is 2.48 bits per heavy atom. The number of hydrogen-bond donors (Lipinski definition) is 0. The van der Waals surface area contributed by atoms with E-state index in [9.17, 15) is 4.79 Å². The highest BCUT2D eigenvalue weighted by atomic mass is 16.3. The van der Waals surface area contributed by atoms with E-state index < -0.39 is 0 Å². The highest BCUT2D eigenvalue weighted by Crippen LogP contribution is 2.33. The van der Waals surface area contributed by atoms with Crippen LogP contribution in [-0.2, 0) is 0 Å². The van der Waals surface area contributed by atoms with E-state index >= 15 is 0 Å². The lowest BCUT2D eigenvalue weighted by atomic mass is 9.80. The molecule has 1 aliphatic heterocycles. The largest absolute Gasteiger partial charge is 0.438 e. The molecule has 0 bridgehead atoms. The minimum absolute atomic E-state index is 0.0149. The summed E-state index contributed by atoms with van der Waals surface area (Å²) in [7, 11) is 0. The Hall–Kier alpha value is -1.32. The Labute approximate surface area is 126 Å². The normalized spacial score (nSPS) is 21.7. The van der Waals surface area contributed by atoms with Crippen molar-refractivity contribution in [1.82, 2.24) is 9.88 Å². The molecule has 0 aromatic carbocycles. The van der Waals surface area contributed by atoms with Crippen molar-refractivity contribution in [2.75, 3.05) is 13.1 Å². The monoisotopic (exact) mass is 290 g/mol. The Kier molecular flexibility index (Phi) is 4.61. The number of amides is 1. The van der Waals surface area contributed by atoms with Gasteiger partial charge in [-0.2, -0.15) is 0 Å². The summed E-state index contributed by atoms with van der Waals surface area (Å²) in [4.78, 5) is 18.3. The van der Waals surface area contributed by atoms with Gasteiger partial charge in [0.2, 0.25) is 5.76 Å². The number of oxazole rings is 1. The van der Waals surface area contributed by atoms with E-state index in [1.165, 1.54) is 44.9 Å². The van der Waals surface area contributed by atoms with Crippen molar-refractivity contribution in [2.24, 2.45) is 11.8 Å². The fourth-order valence-corrected chi connectivity index (χ4v) is 3.92. The van der Waals surface area contributed by atoms with Crippen molar-refractivity contribution in [2.45, 2.75) is 58.3 Å². The summed E-state index contributed by atoms with van der Waals surface area (Å²) in [5.41, 5.74) is 0.698. The van der Waals surface area contributed by atoms with Crippen molar-refractivity contribution in [3.63, 3.8) is 0 Å². The molecule has 1 aromatic heterocycles. The number of aryl methyl sites for hydroxylation is 1. The maximum Gasteiger partial charge on any atom is 0.291 e. The summed E-state index contributed by atoms with van der Waals surface area (Å²) in [6.07, 6.45) is 12.2. The van der Waals surface area contributed by atoms with Crippen molar-refractivity contribution < 1.29 is 9.21 Å². The van der Waals surface area contributed by atoms with Gasteiger partial charge >= 0.3 is 0 Å². The molecule has 0 N–H and O–H groups in total. The molecule has 2 aliphatic rings. The average molecular weight is 290 g/mol. The first-order valence-corrected chi connectivity index (χ1v) is 8.43. The number of hydrogen-bond acceptors (Lipinski definition) is 3. The lowest BCUT2D eigenvalue weighted by molar-refractivity contribution is 0.0642. The zero-order valence-corrected chi connectivity index (χ0v) is 13.0. The number of nitrogens with zero attached hydrogens (tertiary/aromatic N) is 2. The Morgan fingerprint density at radius 2 is 1.86 bits per heavy atom. The van der Waals surface area contributed by atoms with Crippen LogP contribution in [0.1, 0.15) is 67.6 Å². The van der Waals surface area contributed by atoms with Gasteiger partial charge in [0.25, 0.3) is 5.91 Å². The number of rotatable bonds is 3. The first-order valence-electron chi connectivity index (χ1n) is 8.43. The maximum absolute atomic E-state index is 12.4. The second-order valence-corrected chi connectivity index (χ2v) is 6.74. The molecule has 0 radical (unpaired) electrons. The third-order valence-electron chi connectivity index (χ3n) is 5.23. The molecule has 2 fully saturated rings. The van der Waals surface area contributed by atoms with Gasteiger partial charge in [0.1, 0.15) is 0 Å².